The molecule has 7 nitrogen and oxygen atoms in total. The van der Waals surface area contributed by atoms with Gasteiger partial charge < -0.3 is 10.2 Å². The summed E-state index contributed by atoms with van der Waals surface area (Å²) in [6.45, 7) is 5.98. The zero-order valence-electron chi connectivity index (χ0n) is 16.3. The fraction of sp³-hybridized carbons (Fsp3) is 0.300. The second-order valence-electron chi connectivity index (χ2n) is 6.03. The van der Waals surface area contributed by atoms with Crippen LogP contribution in [0, 0.1) is 6.92 Å². The monoisotopic (exact) mass is 403 g/mol. The third-order valence-corrected chi connectivity index (χ3v) is 6.16. The fourth-order valence-corrected chi connectivity index (χ4v) is 4.07. The van der Waals surface area contributed by atoms with E-state index in [0.717, 1.165) is 11.1 Å². The van der Waals surface area contributed by atoms with Gasteiger partial charge in [0, 0.05) is 18.8 Å². The first kappa shape index (κ1) is 21.6. The molecule has 1 amide bonds. The minimum absolute atomic E-state index is 0.132. The zero-order chi connectivity index (χ0) is 20.6. The number of benzene rings is 2. The van der Waals surface area contributed by atoms with Gasteiger partial charge in [-0.25, -0.2) is 8.42 Å². The van der Waals surface area contributed by atoms with Crippen molar-refractivity contribution in [3.63, 3.8) is 0 Å². The summed E-state index contributed by atoms with van der Waals surface area (Å²) in [6, 6.07) is 13.8. The molecule has 0 unspecified atom stereocenters. The number of anilines is 1. The average molecular weight is 404 g/mol. The smallest absolute Gasteiger partial charge is 0.265 e. The number of oxime groups is 1. The molecule has 0 fully saturated rings. The minimum atomic E-state index is -3.59. The third kappa shape index (κ3) is 5.64. The number of nitrogens with zero attached hydrogens (tertiary/aromatic N) is 2. The third-order valence-electron chi connectivity index (χ3n) is 4.11. The maximum Gasteiger partial charge on any atom is 0.265 e. The molecule has 2 aromatic rings. The van der Waals surface area contributed by atoms with Gasteiger partial charge in [0.15, 0.2) is 6.61 Å². The number of sulfonamides is 1. The maximum atomic E-state index is 12.6. The summed E-state index contributed by atoms with van der Waals surface area (Å²) in [5, 5.41) is 6.42. The number of carbonyl (C=O) groups is 1. The minimum Gasteiger partial charge on any atom is -0.386 e. The van der Waals surface area contributed by atoms with Gasteiger partial charge in [-0.3, -0.25) is 4.79 Å². The van der Waals surface area contributed by atoms with Crippen LogP contribution in [0.2, 0.25) is 0 Å². The second-order valence-corrected chi connectivity index (χ2v) is 7.97. The molecule has 0 aliphatic rings. The molecule has 0 heterocycles. The summed E-state index contributed by atoms with van der Waals surface area (Å²) >= 11 is 0. The molecule has 2 rings (SSSR count). The fourth-order valence-electron chi connectivity index (χ4n) is 2.57. The van der Waals surface area contributed by atoms with E-state index in [2.05, 4.69) is 10.5 Å². The van der Waals surface area contributed by atoms with E-state index in [1.807, 2.05) is 31.2 Å². The van der Waals surface area contributed by atoms with E-state index >= 15 is 0 Å². The lowest BCUT2D eigenvalue weighted by Gasteiger charge is -2.18. The Morgan fingerprint density at radius 1 is 1.14 bits per heavy atom. The Morgan fingerprint density at radius 2 is 1.86 bits per heavy atom. The molecule has 0 saturated heterocycles. The van der Waals surface area contributed by atoms with Crippen LogP contribution in [0.4, 0.5) is 5.69 Å². The predicted octanol–water partition coefficient (Wildman–Crippen LogP) is 3.01. The highest BCUT2D eigenvalue weighted by Gasteiger charge is 2.21. The van der Waals surface area contributed by atoms with Crippen LogP contribution >= 0.6 is 0 Å². The van der Waals surface area contributed by atoms with Crippen molar-refractivity contribution in [1.29, 1.82) is 0 Å². The molecular formula is C20H25N3O4S. The Labute approximate surface area is 166 Å². The van der Waals surface area contributed by atoms with Crippen molar-refractivity contribution in [2.75, 3.05) is 25.0 Å². The number of hydrogen-bond donors (Lipinski definition) is 1. The maximum absolute atomic E-state index is 12.6. The van der Waals surface area contributed by atoms with Crippen LogP contribution in [0.1, 0.15) is 25.0 Å². The number of aryl methyl sites for hydroxylation is 1. The van der Waals surface area contributed by atoms with Gasteiger partial charge in [-0.05, 0) is 36.2 Å². The van der Waals surface area contributed by atoms with Crippen LogP contribution in [0.3, 0.4) is 0 Å². The van der Waals surface area contributed by atoms with E-state index in [4.69, 9.17) is 4.84 Å². The molecule has 0 spiro atoms. The molecule has 0 aliphatic carbocycles. The van der Waals surface area contributed by atoms with Crippen LogP contribution in [0.25, 0.3) is 0 Å². The number of carbonyl (C=O) groups excluding carboxylic acids is 1. The summed E-state index contributed by atoms with van der Waals surface area (Å²) < 4.78 is 26.5. The number of rotatable bonds is 9. The zero-order valence-corrected chi connectivity index (χ0v) is 17.1. The van der Waals surface area contributed by atoms with E-state index in [1.165, 1.54) is 16.4 Å². The molecule has 2 aromatic carbocycles. The van der Waals surface area contributed by atoms with Crippen molar-refractivity contribution in [3.05, 3.63) is 59.7 Å². The Bertz CT molecular complexity index is 938. The Morgan fingerprint density at radius 3 is 2.54 bits per heavy atom. The van der Waals surface area contributed by atoms with Crippen molar-refractivity contribution < 1.29 is 18.0 Å². The molecule has 0 atom stereocenters. The molecule has 28 heavy (non-hydrogen) atoms. The lowest BCUT2D eigenvalue weighted by atomic mass is 10.1. The molecule has 150 valence electrons. The van der Waals surface area contributed by atoms with Crippen LogP contribution in [0.15, 0.2) is 58.6 Å². The van der Waals surface area contributed by atoms with E-state index in [1.54, 1.807) is 32.2 Å². The average Bonchev–Trinajstić information content (AvgIpc) is 2.67. The van der Waals surface area contributed by atoms with Crippen molar-refractivity contribution >= 4 is 27.8 Å². The van der Waals surface area contributed by atoms with Crippen molar-refractivity contribution in [2.24, 2.45) is 5.16 Å². The van der Waals surface area contributed by atoms with Gasteiger partial charge in [0.2, 0.25) is 10.0 Å². The first-order chi connectivity index (χ1) is 13.4. The van der Waals surface area contributed by atoms with Gasteiger partial charge in [0.1, 0.15) is 0 Å². The highest BCUT2D eigenvalue weighted by atomic mass is 32.2. The quantitative estimate of drug-likeness (QED) is 0.515. The lowest BCUT2D eigenvalue weighted by molar-refractivity contribution is -0.120. The van der Waals surface area contributed by atoms with Crippen LogP contribution < -0.4 is 5.32 Å². The first-order valence-corrected chi connectivity index (χ1v) is 10.4. The van der Waals surface area contributed by atoms with Gasteiger partial charge in [-0.15, -0.1) is 0 Å². The van der Waals surface area contributed by atoms with E-state index in [9.17, 15) is 13.2 Å². The van der Waals surface area contributed by atoms with Crippen molar-refractivity contribution in [2.45, 2.75) is 25.7 Å². The van der Waals surface area contributed by atoms with E-state index in [-0.39, 0.29) is 11.5 Å². The Hall–Kier alpha value is -2.71. The van der Waals surface area contributed by atoms with Crippen LogP contribution in [-0.2, 0) is 19.7 Å². The topological polar surface area (TPSA) is 88.1 Å². The van der Waals surface area contributed by atoms with Gasteiger partial charge in [-0.2, -0.15) is 4.31 Å². The van der Waals surface area contributed by atoms with Crippen LogP contribution in [-0.4, -0.2) is 44.5 Å². The molecule has 0 radical (unpaired) electrons. The summed E-state index contributed by atoms with van der Waals surface area (Å²) in [5.41, 5.74) is 2.33. The molecule has 0 aromatic heterocycles. The standard InChI is InChI=1S/C20H25N3O4S/c1-4-23(5-2)28(25,26)19-12-8-11-18(13-19)22-20(24)15-27-21-14-17-10-7-6-9-16(17)3/h6-14H,4-5,15H2,1-3H3,(H,22,24)/b21-14-. The predicted molar refractivity (Wildman–Crippen MR) is 110 cm³/mol. The second kappa shape index (κ2) is 10.0. The van der Waals surface area contributed by atoms with Crippen LogP contribution in [0.5, 0.6) is 0 Å². The molecule has 0 saturated carbocycles. The van der Waals surface area contributed by atoms with Crippen molar-refractivity contribution in [1.82, 2.24) is 4.31 Å². The number of amides is 1. The highest BCUT2D eigenvalue weighted by molar-refractivity contribution is 7.89. The van der Waals surface area contributed by atoms with Gasteiger partial charge in [-0.1, -0.05) is 49.3 Å². The van der Waals surface area contributed by atoms with Gasteiger partial charge in [0.05, 0.1) is 11.1 Å². The van der Waals surface area contributed by atoms with Gasteiger partial charge >= 0.3 is 0 Å². The van der Waals surface area contributed by atoms with E-state index in [0.29, 0.717) is 18.8 Å². The van der Waals surface area contributed by atoms with Crippen molar-refractivity contribution in [3.8, 4) is 0 Å². The summed E-state index contributed by atoms with van der Waals surface area (Å²) in [6.07, 6.45) is 1.54. The SMILES string of the molecule is CCN(CC)S(=O)(=O)c1cccc(NC(=O)CO/N=C\c2ccccc2C)c1. The first-order valence-electron chi connectivity index (χ1n) is 8.99. The largest absolute Gasteiger partial charge is 0.386 e. The normalized spacial score (nSPS) is 11.7. The number of hydrogen-bond acceptors (Lipinski definition) is 5. The lowest BCUT2D eigenvalue weighted by Crippen LogP contribution is -2.30. The number of nitrogens with one attached hydrogen (secondary N) is 1. The summed E-state index contributed by atoms with van der Waals surface area (Å²) in [4.78, 5) is 17.2. The summed E-state index contributed by atoms with van der Waals surface area (Å²) in [7, 11) is -3.59. The Balaban J connectivity index is 1.96. The van der Waals surface area contributed by atoms with E-state index < -0.39 is 15.9 Å². The summed E-state index contributed by atoms with van der Waals surface area (Å²) in [5.74, 6) is -0.431. The molecule has 8 heteroatoms. The Kier molecular flexibility index (Phi) is 7.71. The highest BCUT2D eigenvalue weighted by Crippen LogP contribution is 2.19. The molecule has 0 bridgehead atoms. The molecule has 0 aliphatic heterocycles. The molecule has 1 N–H and O–H groups in total. The van der Waals surface area contributed by atoms with Gasteiger partial charge in [0.25, 0.3) is 5.91 Å². The molecular weight excluding hydrogens is 378 g/mol.